The lowest BCUT2D eigenvalue weighted by Crippen LogP contribution is -2.22. The summed E-state index contributed by atoms with van der Waals surface area (Å²) in [5, 5.41) is 2.84. The van der Waals surface area contributed by atoms with Crippen LogP contribution in [0.25, 0.3) is 0 Å². The van der Waals surface area contributed by atoms with Gasteiger partial charge < -0.3 is 10.1 Å². The summed E-state index contributed by atoms with van der Waals surface area (Å²) in [5.41, 5.74) is 4.16. The van der Waals surface area contributed by atoms with E-state index in [4.69, 9.17) is 16.3 Å². The molecule has 1 amide bonds. The molecule has 126 valence electrons. The number of para-hydroxylation sites is 1. The number of amides is 1. The molecular weight excluding hydrogens is 328 g/mol. The first-order chi connectivity index (χ1) is 11.3. The predicted octanol–water partition coefficient (Wildman–Crippen LogP) is 3.76. The molecule has 0 aliphatic rings. The van der Waals surface area contributed by atoms with Crippen molar-refractivity contribution in [3.8, 4) is 0 Å². The molecule has 0 aliphatic heterocycles. The molecule has 0 aliphatic carbocycles. The number of benzene rings is 1. The van der Waals surface area contributed by atoms with Crippen molar-refractivity contribution in [1.29, 1.82) is 0 Å². The summed E-state index contributed by atoms with van der Waals surface area (Å²) in [7, 11) is 0. The van der Waals surface area contributed by atoms with Crippen LogP contribution in [0.5, 0.6) is 0 Å². The molecule has 6 heteroatoms. The van der Waals surface area contributed by atoms with Gasteiger partial charge in [0.25, 0.3) is 5.91 Å². The number of halogens is 1. The summed E-state index contributed by atoms with van der Waals surface area (Å²) in [6.07, 6.45) is 0. The highest BCUT2D eigenvalue weighted by Gasteiger charge is 2.18. The van der Waals surface area contributed by atoms with Gasteiger partial charge in [-0.25, -0.2) is 9.78 Å². The fourth-order valence-corrected chi connectivity index (χ4v) is 2.79. The molecule has 5 nitrogen and oxygen atoms in total. The summed E-state index contributed by atoms with van der Waals surface area (Å²) in [5.74, 6) is -1.07. The van der Waals surface area contributed by atoms with Crippen LogP contribution in [-0.2, 0) is 9.53 Å². The van der Waals surface area contributed by atoms with Crippen LogP contribution in [0.15, 0.2) is 24.3 Å². The molecule has 2 rings (SSSR count). The van der Waals surface area contributed by atoms with Crippen molar-refractivity contribution in [2.24, 2.45) is 0 Å². The first kappa shape index (κ1) is 17.9. The van der Waals surface area contributed by atoms with E-state index < -0.39 is 18.5 Å². The topological polar surface area (TPSA) is 68.3 Å². The first-order valence-electron chi connectivity index (χ1n) is 7.46. The molecule has 2 aromatic rings. The van der Waals surface area contributed by atoms with E-state index >= 15 is 0 Å². The third-order valence-corrected chi connectivity index (χ3v) is 3.86. The average molecular weight is 347 g/mol. The van der Waals surface area contributed by atoms with Crippen LogP contribution in [0.4, 0.5) is 5.69 Å². The minimum Gasteiger partial charge on any atom is -0.452 e. The molecule has 1 aromatic carbocycles. The van der Waals surface area contributed by atoms with Crippen LogP contribution in [-0.4, -0.2) is 23.5 Å². The van der Waals surface area contributed by atoms with Crippen molar-refractivity contribution < 1.29 is 14.3 Å². The zero-order chi connectivity index (χ0) is 17.9. The van der Waals surface area contributed by atoms with Crippen molar-refractivity contribution in [1.82, 2.24) is 4.98 Å². The van der Waals surface area contributed by atoms with Crippen LogP contribution in [0.2, 0.25) is 5.15 Å². The summed E-state index contributed by atoms with van der Waals surface area (Å²) in [6, 6.07) is 7.44. The molecule has 0 atom stereocenters. The van der Waals surface area contributed by atoms with E-state index in [1.54, 1.807) is 19.9 Å². The lowest BCUT2D eigenvalue weighted by molar-refractivity contribution is -0.119. The number of rotatable bonds is 4. The maximum atomic E-state index is 12.2. The van der Waals surface area contributed by atoms with Gasteiger partial charge in [0.05, 0.1) is 5.56 Å². The maximum absolute atomic E-state index is 12.2. The number of hydrogen-bond acceptors (Lipinski definition) is 4. The maximum Gasteiger partial charge on any atom is 0.342 e. The number of nitrogens with zero attached hydrogens (tertiary/aromatic N) is 1. The van der Waals surface area contributed by atoms with Crippen molar-refractivity contribution >= 4 is 29.2 Å². The second-order valence-electron chi connectivity index (χ2n) is 5.64. The highest BCUT2D eigenvalue weighted by atomic mass is 35.5. The largest absolute Gasteiger partial charge is 0.452 e. The number of ether oxygens (including phenoxy) is 1. The second kappa shape index (κ2) is 7.45. The predicted molar refractivity (Wildman–Crippen MR) is 93.5 cm³/mol. The Hall–Kier alpha value is -2.40. The smallest absolute Gasteiger partial charge is 0.342 e. The summed E-state index contributed by atoms with van der Waals surface area (Å²) < 4.78 is 5.07. The van der Waals surface area contributed by atoms with Gasteiger partial charge in [-0.2, -0.15) is 0 Å². The summed E-state index contributed by atoms with van der Waals surface area (Å²) in [6.45, 7) is 6.93. The van der Waals surface area contributed by atoms with E-state index in [1.807, 2.05) is 32.0 Å². The van der Waals surface area contributed by atoms with Crippen molar-refractivity contribution in [2.75, 3.05) is 11.9 Å². The number of aromatic nitrogens is 1. The third kappa shape index (κ3) is 4.11. The number of hydrogen-bond donors (Lipinski definition) is 1. The molecule has 0 radical (unpaired) electrons. The third-order valence-electron chi connectivity index (χ3n) is 3.58. The van der Waals surface area contributed by atoms with Gasteiger partial charge in [-0.15, -0.1) is 0 Å². The Morgan fingerprint density at radius 1 is 1.12 bits per heavy atom. The average Bonchev–Trinajstić information content (AvgIpc) is 2.48. The fourth-order valence-electron chi connectivity index (χ4n) is 2.43. The zero-order valence-corrected chi connectivity index (χ0v) is 14.8. The molecule has 0 fully saturated rings. The van der Waals surface area contributed by atoms with Crippen molar-refractivity contribution in [3.05, 3.63) is 57.4 Å². The van der Waals surface area contributed by atoms with Crippen molar-refractivity contribution in [3.63, 3.8) is 0 Å². The minimum atomic E-state index is -0.665. The number of nitrogens with one attached hydrogen (secondary N) is 1. The van der Waals surface area contributed by atoms with E-state index in [0.29, 0.717) is 11.3 Å². The van der Waals surface area contributed by atoms with E-state index in [-0.39, 0.29) is 10.7 Å². The summed E-state index contributed by atoms with van der Waals surface area (Å²) in [4.78, 5) is 28.2. The highest BCUT2D eigenvalue weighted by molar-refractivity contribution is 6.32. The molecular formula is C18H19ClN2O3. The number of pyridine rings is 1. The van der Waals surface area contributed by atoms with E-state index in [9.17, 15) is 9.59 Å². The summed E-state index contributed by atoms with van der Waals surface area (Å²) >= 11 is 6.00. The Bertz CT molecular complexity index is 760. The molecule has 24 heavy (non-hydrogen) atoms. The fraction of sp³-hybridized carbons (Fsp3) is 0.278. The highest BCUT2D eigenvalue weighted by Crippen LogP contribution is 2.21. The van der Waals surface area contributed by atoms with Crippen LogP contribution in [0, 0.1) is 27.7 Å². The van der Waals surface area contributed by atoms with Gasteiger partial charge in [-0.1, -0.05) is 29.8 Å². The SMILES string of the molecule is Cc1cc(C)c(C(=O)OCC(=O)Nc2c(C)cccc2C)c(Cl)n1. The molecule has 0 unspecified atom stereocenters. The number of carbonyl (C=O) groups excluding carboxylic acids is 2. The number of anilines is 1. The van der Waals surface area contributed by atoms with E-state index in [2.05, 4.69) is 10.3 Å². The number of aryl methyl sites for hydroxylation is 4. The van der Waals surface area contributed by atoms with Gasteiger partial charge in [0.1, 0.15) is 5.15 Å². The molecule has 0 spiro atoms. The van der Waals surface area contributed by atoms with Gasteiger partial charge >= 0.3 is 5.97 Å². The van der Waals surface area contributed by atoms with Gasteiger partial charge in [-0.3, -0.25) is 4.79 Å². The first-order valence-corrected chi connectivity index (χ1v) is 7.84. The Morgan fingerprint density at radius 2 is 1.75 bits per heavy atom. The van der Waals surface area contributed by atoms with Gasteiger partial charge in [0.2, 0.25) is 0 Å². The lowest BCUT2D eigenvalue weighted by Gasteiger charge is -2.12. The quantitative estimate of drug-likeness (QED) is 0.676. The molecule has 1 N–H and O–H groups in total. The Kier molecular flexibility index (Phi) is 5.57. The molecule has 1 aromatic heterocycles. The standard InChI is InChI=1S/C18H19ClN2O3/c1-10-6-5-7-11(2)16(10)21-14(22)9-24-18(23)15-12(3)8-13(4)20-17(15)19/h5-8H,9H2,1-4H3,(H,21,22). The van der Waals surface area contributed by atoms with Gasteiger partial charge in [0.15, 0.2) is 6.61 Å². The van der Waals surface area contributed by atoms with Gasteiger partial charge in [-0.05, 0) is 50.5 Å². The van der Waals surface area contributed by atoms with Gasteiger partial charge in [0, 0.05) is 11.4 Å². The van der Waals surface area contributed by atoms with E-state index in [1.165, 1.54) is 0 Å². The van der Waals surface area contributed by atoms with Crippen LogP contribution in [0.1, 0.15) is 32.7 Å². The molecule has 0 bridgehead atoms. The Labute approximate surface area is 146 Å². The second-order valence-corrected chi connectivity index (χ2v) is 6.00. The molecule has 0 saturated carbocycles. The number of carbonyl (C=O) groups is 2. The van der Waals surface area contributed by atoms with E-state index in [0.717, 1.165) is 16.8 Å². The van der Waals surface area contributed by atoms with Crippen LogP contribution >= 0.6 is 11.6 Å². The van der Waals surface area contributed by atoms with Crippen LogP contribution in [0.3, 0.4) is 0 Å². The number of esters is 1. The zero-order valence-electron chi connectivity index (χ0n) is 14.1. The Morgan fingerprint density at radius 3 is 2.33 bits per heavy atom. The normalized spacial score (nSPS) is 10.4. The Balaban J connectivity index is 2.03. The van der Waals surface area contributed by atoms with Crippen LogP contribution < -0.4 is 5.32 Å². The minimum absolute atomic E-state index is 0.0765. The molecule has 1 heterocycles. The molecule has 0 saturated heterocycles. The van der Waals surface area contributed by atoms with Crippen molar-refractivity contribution in [2.45, 2.75) is 27.7 Å². The lowest BCUT2D eigenvalue weighted by atomic mass is 10.1. The monoisotopic (exact) mass is 346 g/mol.